The Balaban J connectivity index is 1.90. The van der Waals surface area contributed by atoms with Gasteiger partial charge in [0.25, 0.3) is 0 Å². The van der Waals surface area contributed by atoms with Gasteiger partial charge in [-0.25, -0.2) is 4.98 Å². The third-order valence-electron chi connectivity index (χ3n) is 2.46. The fraction of sp³-hybridized carbons (Fsp3) is 0.600. The molecule has 1 atom stereocenters. The van der Waals surface area contributed by atoms with E-state index in [1.807, 2.05) is 0 Å². The van der Waals surface area contributed by atoms with Crippen molar-refractivity contribution in [2.24, 2.45) is 0 Å². The predicted molar refractivity (Wildman–Crippen MR) is 56.2 cm³/mol. The lowest BCUT2D eigenvalue weighted by Gasteiger charge is -2.16. The maximum absolute atomic E-state index is 4.20. The molecule has 0 bridgehead atoms. The zero-order valence-electron chi connectivity index (χ0n) is 8.24. The molecule has 0 amide bonds. The Bertz CT molecular complexity index is 254. The van der Waals surface area contributed by atoms with Crippen LogP contribution in [0.3, 0.4) is 0 Å². The van der Waals surface area contributed by atoms with Crippen LogP contribution in [0, 0.1) is 0 Å². The van der Waals surface area contributed by atoms with E-state index in [2.05, 4.69) is 20.6 Å². The molecular weight excluding hydrogens is 176 g/mol. The van der Waals surface area contributed by atoms with E-state index in [1.54, 1.807) is 18.6 Å². The lowest BCUT2D eigenvalue weighted by molar-refractivity contribution is 0.633. The maximum atomic E-state index is 4.20. The van der Waals surface area contributed by atoms with Crippen LogP contribution in [0.25, 0.3) is 0 Å². The molecule has 1 aliphatic rings. The highest BCUT2D eigenvalue weighted by molar-refractivity contribution is 5.31. The topological polar surface area (TPSA) is 49.8 Å². The van der Waals surface area contributed by atoms with Crippen molar-refractivity contribution in [2.75, 3.05) is 18.4 Å². The quantitative estimate of drug-likeness (QED) is 0.735. The number of anilines is 1. The Morgan fingerprint density at radius 3 is 3.21 bits per heavy atom. The summed E-state index contributed by atoms with van der Waals surface area (Å²) in [5.74, 6) is 0.876. The lowest BCUT2D eigenvalue weighted by atomic mass is 10.1. The van der Waals surface area contributed by atoms with E-state index >= 15 is 0 Å². The van der Waals surface area contributed by atoms with E-state index in [1.165, 1.54) is 19.3 Å². The van der Waals surface area contributed by atoms with E-state index in [9.17, 15) is 0 Å². The van der Waals surface area contributed by atoms with Crippen molar-refractivity contribution in [1.29, 1.82) is 0 Å². The number of hydrogen-bond donors (Lipinski definition) is 2. The van der Waals surface area contributed by atoms with Gasteiger partial charge in [0.2, 0.25) is 0 Å². The van der Waals surface area contributed by atoms with Crippen molar-refractivity contribution in [1.82, 2.24) is 15.3 Å². The zero-order chi connectivity index (χ0) is 9.64. The first-order chi connectivity index (χ1) is 6.95. The van der Waals surface area contributed by atoms with Gasteiger partial charge >= 0.3 is 0 Å². The molecule has 2 N–H and O–H groups in total. The molecule has 0 radical (unpaired) electrons. The van der Waals surface area contributed by atoms with Gasteiger partial charge in [-0.05, 0) is 19.4 Å². The highest BCUT2D eigenvalue weighted by Crippen LogP contribution is 2.09. The van der Waals surface area contributed by atoms with Gasteiger partial charge in [-0.1, -0.05) is 6.42 Å². The van der Waals surface area contributed by atoms with Gasteiger partial charge < -0.3 is 10.6 Å². The van der Waals surface area contributed by atoms with Crippen LogP contribution in [0.5, 0.6) is 0 Å². The summed E-state index contributed by atoms with van der Waals surface area (Å²) in [6.45, 7) is 2.16. The molecule has 4 heteroatoms. The van der Waals surface area contributed by atoms with Crippen molar-refractivity contribution in [3.05, 3.63) is 18.6 Å². The highest BCUT2D eigenvalue weighted by Gasteiger charge is 2.11. The van der Waals surface area contributed by atoms with Gasteiger partial charge in [-0.3, -0.25) is 4.98 Å². The summed E-state index contributed by atoms with van der Waals surface area (Å²) < 4.78 is 0. The summed E-state index contributed by atoms with van der Waals surface area (Å²) in [7, 11) is 0. The number of nitrogens with zero attached hydrogens (tertiary/aromatic N) is 2. The van der Waals surface area contributed by atoms with Crippen molar-refractivity contribution in [3.63, 3.8) is 0 Å². The number of aromatic nitrogens is 2. The average molecular weight is 192 g/mol. The van der Waals surface area contributed by atoms with Gasteiger partial charge in [0.1, 0.15) is 5.82 Å². The molecule has 14 heavy (non-hydrogen) atoms. The van der Waals surface area contributed by atoms with E-state index < -0.39 is 0 Å². The Labute approximate surface area is 84.2 Å². The van der Waals surface area contributed by atoms with E-state index in [-0.39, 0.29) is 0 Å². The van der Waals surface area contributed by atoms with Crippen LogP contribution >= 0.6 is 0 Å². The van der Waals surface area contributed by atoms with Gasteiger partial charge in [-0.2, -0.15) is 0 Å². The second-order valence-electron chi connectivity index (χ2n) is 3.63. The lowest BCUT2D eigenvalue weighted by Crippen LogP contribution is -2.31. The summed E-state index contributed by atoms with van der Waals surface area (Å²) in [5, 5.41) is 6.79. The molecule has 1 aromatic heterocycles. The maximum Gasteiger partial charge on any atom is 0.144 e. The van der Waals surface area contributed by atoms with Crippen LogP contribution in [-0.2, 0) is 0 Å². The molecule has 2 rings (SSSR count). The van der Waals surface area contributed by atoms with E-state index in [0.29, 0.717) is 6.04 Å². The zero-order valence-corrected chi connectivity index (χ0v) is 8.24. The summed E-state index contributed by atoms with van der Waals surface area (Å²) in [6.07, 6.45) is 8.95. The van der Waals surface area contributed by atoms with Gasteiger partial charge in [-0.15, -0.1) is 0 Å². The largest absolute Gasteiger partial charge is 0.365 e. The molecular formula is C10H16N4. The number of hydrogen-bond acceptors (Lipinski definition) is 4. The number of rotatable bonds is 2. The fourth-order valence-electron chi connectivity index (χ4n) is 1.73. The monoisotopic (exact) mass is 192 g/mol. The third kappa shape index (κ3) is 2.67. The van der Waals surface area contributed by atoms with Gasteiger partial charge in [0.05, 0.1) is 6.20 Å². The molecule has 76 valence electrons. The predicted octanol–water partition coefficient (Wildman–Crippen LogP) is 1.03. The van der Waals surface area contributed by atoms with Gasteiger partial charge in [0, 0.05) is 25.0 Å². The van der Waals surface area contributed by atoms with Crippen LogP contribution in [0.1, 0.15) is 19.3 Å². The van der Waals surface area contributed by atoms with Crippen LogP contribution in [0.15, 0.2) is 18.6 Å². The molecule has 1 fully saturated rings. The fourth-order valence-corrected chi connectivity index (χ4v) is 1.73. The second kappa shape index (κ2) is 4.91. The Kier molecular flexibility index (Phi) is 3.29. The first kappa shape index (κ1) is 9.40. The van der Waals surface area contributed by atoms with Crippen LogP contribution in [0.2, 0.25) is 0 Å². The smallest absolute Gasteiger partial charge is 0.144 e. The molecule has 0 aliphatic carbocycles. The Morgan fingerprint density at radius 1 is 1.36 bits per heavy atom. The van der Waals surface area contributed by atoms with Crippen LogP contribution in [-0.4, -0.2) is 29.1 Å². The van der Waals surface area contributed by atoms with Crippen LogP contribution in [0.4, 0.5) is 5.82 Å². The van der Waals surface area contributed by atoms with Gasteiger partial charge in [0.15, 0.2) is 0 Å². The standard InChI is InChI=1S/C10H16N4/c1-2-4-11-7-9(3-1)14-10-8-12-5-6-13-10/h5-6,8-9,11H,1-4,7H2,(H,13,14). The second-order valence-corrected chi connectivity index (χ2v) is 3.63. The molecule has 4 nitrogen and oxygen atoms in total. The first-order valence-corrected chi connectivity index (χ1v) is 5.18. The Hall–Kier alpha value is -1.16. The van der Waals surface area contributed by atoms with Crippen molar-refractivity contribution < 1.29 is 0 Å². The molecule has 1 saturated heterocycles. The minimum atomic E-state index is 0.495. The summed E-state index contributed by atoms with van der Waals surface area (Å²) >= 11 is 0. The molecule has 1 aliphatic heterocycles. The van der Waals surface area contributed by atoms with Crippen molar-refractivity contribution in [2.45, 2.75) is 25.3 Å². The SMILES string of the molecule is c1cnc(NC2CCCCNC2)cn1. The van der Waals surface area contributed by atoms with E-state index in [0.717, 1.165) is 18.9 Å². The molecule has 0 aromatic carbocycles. The number of nitrogens with one attached hydrogen (secondary N) is 2. The van der Waals surface area contributed by atoms with E-state index in [4.69, 9.17) is 0 Å². The van der Waals surface area contributed by atoms with Crippen molar-refractivity contribution >= 4 is 5.82 Å². The minimum absolute atomic E-state index is 0.495. The molecule has 1 aromatic rings. The highest BCUT2D eigenvalue weighted by atomic mass is 15.1. The normalized spacial score (nSPS) is 22.7. The van der Waals surface area contributed by atoms with Crippen LogP contribution < -0.4 is 10.6 Å². The molecule has 0 spiro atoms. The molecule has 0 saturated carbocycles. The third-order valence-corrected chi connectivity index (χ3v) is 2.46. The molecule has 2 heterocycles. The summed E-state index contributed by atoms with van der Waals surface area (Å²) in [4.78, 5) is 8.23. The summed E-state index contributed by atoms with van der Waals surface area (Å²) in [6, 6.07) is 0.495. The average Bonchev–Trinajstić information content (AvgIpc) is 2.48. The molecule has 1 unspecified atom stereocenters. The Morgan fingerprint density at radius 2 is 2.36 bits per heavy atom. The van der Waals surface area contributed by atoms with Crippen molar-refractivity contribution in [3.8, 4) is 0 Å². The first-order valence-electron chi connectivity index (χ1n) is 5.18. The minimum Gasteiger partial charge on any atom is -0.365 e. The summed E-state index contributed by atoms with van der Waals surface area (Å²) in [5.41, 5.74) is 0.